The Hall–Kier alpha value is -2.79. The molecule has 31 heavy (non-hydrogen) atoms. The van der Waals surface area contributed by atoms with Gasteiger partial charge in [-0.2, -0.15) is 15.8 Å². The molecule has 0 spiro atoms. The van der Waals surface area contributed by atoms with Gasteiger partial charge in [-0.05, 0) is 24.3 Å². The van der Waals surface area contributed by atoms with Crippen LogP contribution in [0.4, 0.5) is 0 Å². The topological polar surface area (TPSA) is 114 Å². The van der Waals surface area contributed by atoms with Crippen molar-refractivity contribution in [3.8, 4) is 18.2 Å². The number of fused-ring (bicyclic) bond motifs is 2. The van der Waals surface area contributed by atoms with Gasteiger partial charge in [-0.3, -0.25) is 5.41 Å². The van der Waals surface area contributed by atoms with Crippen LogP contribution >= 0.6 is 34.8 Å². The SMILES string of the molecule is CC1C2(c3cccc(Cl)c3)OC(=N)C1(C#N)C(C#N)(C#N)C(c1ccc(Cl)cc1Cl)O2. The molecule has 2 fully saturated rings. The summed E-state index contributed by atoms with van der Waals surface area (Å²) >= 11 is 18.6. The lowest BCUT2D eigenvalue weighted by Gasteiger charge is -2.49. The van der Waals surface area contributed by atoms with Gasteiger partial charge in [0.2, 0.25) is 17.1 Å². The number of nitriles is 3. The largest absolute Gasteiger partial charge is 0.443 e. The minimum absolute atomic E-state index is 0.155. The predicted octanol–water partition coefficient (Wildman–Crippen LogP) is 5.76. The summed E-state index contributed by atoms with van der Waals surface area (Å²) < 4.78 is 12.3. The number of halogens is 3. The Kier molecular flexibility index (Phi) is 4.93. The van der Waals surface area contributed by atoms with Crippen molar-refractivity contribution in [1.82, 2.24) is 0 Å². The number of nitrogens with one attached hydrogen (secondary N) is 1. The van der Waals surface area contributed by atoms with Crippen LogP contribution in [0.3, 0.4) is 0 Å². The van der Waals surface area contributed by atoms with Gasteiger partial charge >= 0.3 is 0 Å². The molecule has 2 aromatic rings. The van der Waals surface area contributed by atoms with E-state index in [0.29, 0.717) is 15.6 Å². The monoisotopic (exact) mass is 470 g/mol. The Labute approximate surface area is 193 Å². The maximum absolute atomic E-state index is 10.3. The van der Waals surface area contributed by atoms with Crippen molar-refractivity contribution in [2.24, 2.45) is 16.7 Å². The van der Waals surface area contributed by atoms with E-state index in [-0.39, 0.29) is 10.6 Å². The second-order valence-electron chi connectivity index (χ2n) is 7.45. The molecule has 2 aliphatic rings. The van der Waals surface area contributed by atoms with E-state index in [1.54, 1.807) is 37.3 Å². The molecule has 1 N–H and O–H groups in total. The molecule has 4 unspecified atom stereocenters. The Balaban J connectivity index is 2.07. The highest BCUT2D eigenvalue weighted by molar-refractivity contribution is 6.35. The van der Waals surface area contributed by atoms with Crippen molar-refractivity contribution in [3.05, 3.63) is 68.7 Å². The summed E-state index contributed by atoms with van der Waals surface area (Å²) in [6, 6.07) is 17.2. The highest BCUT2D eigenvalue weighted by atomic mass is 35.5. The van der Waals surface area contributed by atoms with Crippen LogP contribution in [0.15, 0.2) is 42.5 Å². The van der Waals surface area contributed by atoms with E-state index in [2.05, 4.69) is 6.07 Å². The zero-order valence-corrected chi connectivity index (χ0v) is 18.3. The molecule has 0 amide bonds. The van der Waals surface area contributed by atoms with Crippen LogP contribution < -0.4 is 0 Å². The van der Waals surface area contributed by atoms with Gasteiger partial charge in [0, 0.05) is 26.2 Å². The first-order valence-electron chi connectivity index (χ1n) is 9.13. The van der Waals surface area contributed by atoms with Crippen LogP contribution in [0.5, 0.6) is 0 Å². The molecule has 2 saturated heterocycles. The quantitative estimate of drug-likeness (QED) is 0.598. The number of nitrogens with zero attached hydrogens (tertiary/aromatic N) is 3. The lowest BCUT2D eigenvalue weighted by atomic mass is 9.53. The predicted molar refractivity (Wildman–Crippen MR) is 113 cm³/mol. The van der Waals surface area contributed by atoms with Crippen LogP contribution in [-0.2, 0) is 15.3 Å². The van der Waals surface area contributed by atoms with E-state index in [0.717, 1.165) is 0 Å². The highest BCUT2D eigenvalue weighted by Gasteiger charge is 2.79. The summed E-state index contributed by atoms with van der Waals surface area (Å²) in [6.45, 7) is 1.62. The maximum atomic E-state index is 10.3. The fraction of sp³-hybridized carbons (Fsp3) is 0.273. The number of rotatable bonds is 2. The third-order valence-electron chi connectivity index (χ3n) is 6.14. The van der Waals surface area contributed by atoms with E-state index >= 15 is 0 Å². The molecule has 4 rings (SSSR count). The number of hydrogen-bond acceptors (Lipinski definition) is 6. The first-order chi connectivity index (χ1) is 14.7. The molecule has 9 heteroatoms. The molecule has 0 radical (unpaired) electrons. The van der Waals surface area contributed by atoms with Crippen molar-refractivity contribution in [1.29, 1.82) is 21.2 Å². The zero-order chi connectivity index (χ0) is 22.6. The van der Waals surface area contributed by atoms with Crippen molar-refractivity contribution in [2.75, 3.05) is 0 Å². The van der Waals surface area contributed by atoms with Crippen molar-refractivity contribution >= 4 is 40.7 Å². The minimum Gasteiger partial charge on any atom is -0.443 e. The average Bonchev–Trinajstić information content (AvgIpc) is 2.90. The molecule has 154 valence electrons. The molecule has 0 aromatic heterocycles. The fourth-order valence-corrected chi connectivity index (χ4v) is 5.26. The third kappa shape index (κ3) is 2.56. The van der Waals surface area contributed by atoms with Crippen LogP contribution in [-0.4, -0.2) is 5.90 Å². The fourth-order valence-electron chi connectivity index (χ4n) is 4.57. The molecule has 2 aliphatic heterocycles. The van der Waals surface area contributed by atoms with Crippen LogP contribution in [0.1, 0.15) is 24.2 Å². The minimum atomic E-state index is -2.12. The standard InChI is InChI=1S/C22H13Cl3N4O2/c1-12-21(11-28)19(29)31-22(12,13-3-2-4-14(23)7-13)30-18(20(21,9-26)10-27)16-6-5-15(24)8-17(16)25/h2-8,12,18,29H,1H3. The third-order valence-corrected chi connectivity index (χ3v) is 6.94. The second kappa shape index (κ2) is 7.13. The van der Waals surface area contributed by atoms with Crippen molar-refractivity contribution in [2.45, 2.75) is 18.8 Å². The van der Waals surface area contributed by atoms with E-state index in [1.165, 1.54) is 12.1 Å². The first-order valence-corrected chi connectivity index (χ1v) is 10.3. The average molecular weight is 472 g/mol. The first kappa shape index (κ1) is 21.4. The number of benzene rings is 2. The van der Waals surface area contributed by atoms with Crippen LogP contribution in [0, 0.1) is 56.2 Å². The van der Waals surface area contributed by atoms with E-state index < -0.39 is 34.5 Å². The molecule has 2 aromatic carbocycles. The van der Waals surface area contributed by atoms with Gasteiger partial charge in [-0.1, -0.05) is 59.9 Å². The van der Waals surface area contributed by atoms with Gasteiger partial charge in [-0.15, -0.1) is 0 Å². The normalized spacial score (nSPS) is 30.5. The Bertz CT molecular complexity index is 1230. The summed E-state index contributed by atoms with van der Waals surface area (Å²) in [4.78, 5) is 0. The summed E-state index contributed by atoms with van der Waals surface area (Å²) in [6.07, 6.45) is -1.31. The molecule has 2 heterocycles. The lowest BCUT2D eigenvalue weighted by Crippen LogP contribution is -2.57. The molecular weight excluding hydrogens is 459 g/mol. The number of ether oxygens (including phenoxy) is 2. The molecule has 6 nitrogen and oxygen atoms in total. The van der Waals surface area contributed by atoms with E-state index in [1.807, 2.05) is 12.1 Å². The van der Waals surface area contributed by atoms with E-state index in [4.69, 9.17) is 49.7 Å². The zero-order valence-electron chi connectivity index (χ0n) is 16.0. The second-order valence-corrected chi connectivity index (χ2v) is 8.73. The number of hydrogen-bond donors (Lipinski definition) is 1. The molecule has 2 bridgehead atoms. The molecule has 0 aliphatic carbocycles. The Morgan fingerprint density at radius 3 is 2.23 bits per heavy atom. The van der Waals surface area contributed by atoms with Gasteiger partial charge < -0.3 is 9.47 Å². The van der Waals surface area contributed by atoms with Gasteiger partial charge in [0.1, 0.15) is 6.10 Å². The molecular formula is C22H13Cl3N4O2. The smallest absolute Gasteiger partial charge is 0.244 e. The molecule has 0 saturated carbocycles. The van der Waals surface area contributed by atoms with Gasteiger partial charge in [0.25, 0.3) is 0 Å². The van der Waals surface area contributed by atoms with Crippen LogP contribution in [0.25, 0.3) is 0 Å². The van der Waals surface area contributed by atoms with Gasteiger partial charge in [0.15, 0.2) is 5.41 Å². The van der Waals surface area contributed by atoms with E-state index in [9.17, 15) is 15.8 Å². The summed E-state index contributed by atoms with van der Waals surface area (Å²) in [5, 5.41) is 40.2. The Morgan fingerprint density at radius 1 is 0.968 bits per heavy atom. The Morgan fingerprint density at radius 2 is 1.65 bits per heavy atom. The lowest BCUT2D eigenvalue weighted by molar-refractivity contribution is -0.288. The van der Waals surface area contributed by atoms with Crippen molar-refractivity contribution < 1.29 is 9.47 Å². The van der Waals surface area contributed by atoms with Gasteiger partial charge in [0.05, 0.1) is 24.1 Å². The maximum Gasteiger partial charge on any atom is 0.244 e. The summed E-state index contributed by atoms with van der Waals surface area (Å²) in [5.41, 5.74) is -3.31. The summed E-state index contributed by atoms with van der Waals surface area (Å²) in [5.74, 6) is -3.04. The molecule has 4 atom stereocenters. The highest BCUT2D eigenvalue weighted by Crippen LogP contribution is 2.69. The van der Waals surface area contributed by atoms with Crippen molar-refractivity contribution in [3.63, 3.8) is 0 Å². The van der Waals surface area contributed by atoms with Gasteiger partial charge in [-0.25, -0.2) is 0 Å². The summed E-state index contributed by atoms with van der Waals surface area (Å²) in [7, 11) is 0. The van der Waals surface area contributed by atoms with Crippen LogP contribution in [0.2, 0.25) is 15.1 Å².